The molecule has 0 aliphatic carbocycles. The summed E-state index contributed by atoms with van der Waals surface area (Å²) in [6, 6.07) is 17.4. The molecule has 0 aliphatic heterocycles. The first kappa shape index (κ1) is 19.1. The Hall–Kier alpha value is -4.20. The minimum Gasteiger partial charge on any atom is -0.497 e. The zero-order valence-electron chi connectivity index (χ0n) is 16.2. The summed E-state index contributed by atoms with van der Waals surface area (Å²) in [5.74, 6) is 1.12. The van der Waals surface area contributed by atoms with E-state index in [4.69, 9.17) is 9.15 Å². The maximum absolute atomic E-state index is 12.5. The van der Waals surface area contributed by atoms with Gasteiger partial charge in [-0.05, 0) is 54.6 Å². The quantitative estimate of drug-likeness (QED) is 0.383. The molecule has 4 aromatic rings. The minimum atomic E-state index is -0.350. The Morgan fingerprint density at radius 3 is 2.47 bits per heavy atom. The number of methoxy groups -OCH3 is 1. The third-order valence-electron chi connectivity index (χ3n) is 4.48. The first-order valence-corrected chi connectivity index (χ1v) is 9.26. The highest BCUT2D eigenvalue weighted by Crippen LogP contribution is 2.22. The fourth-order valence-electron chi connectivity index (χ4n) is 2.95. The van der Waals surface area contributed by atoms with Crippen molar-refractivity contribution in [3.8, 4) is 5.75 Å². The van der Waals surface area contributed by atoms with Crippen LogP contribution in [0.4, 0.5) is 16.2 Å². The Kier molecular flexibility index (Phi) is 5.38. The molecule has 0 spiro atoms. The Balaban J connectivity index is 1.34. The summed E-state index contributed by atoms with van der Waals surface area (Å²) in [5, 5.41) is 9.17. The summed E-state index contributed by atoms with van der Waals surface area (Å²) in [5.41, 5.74) is 2.47. The van der Waals surface area contributed by atoms with Crippen molar-refractivity contribution in [1.29, 1.82) is 0 Å². The number of amides is 3. The lowest BCUT2D eigenvalue weighted by atomic mass is 10.2. The maximum Gasteiger partial charge on any atom is 0.319 e. The maximum atomic E-state index is 12.5. The highest BCUT2D eigenvalue weighted by Gasteiger charge is 2.11. The summed E-state index contributed by atoms with van der Waals surface area (Å²) >= 11 is 0. The van der Waals surface area contributed by atoms with Crippen LogP contribution in [-0.4, -0.2) is 24.0 Å². The minimum absolute atomic E-state index is 0.262. The number of aromatic nitrogens is 1. The molecule has 0 radical (unpaired) electrons. The highest BCUT2D eigenvalue weighted by atomic mass is 16.5. The van der Waals surface area contributed by atoms with E-state index in [9.17, 15) is 9.59 Å². The van der Waals surface area contributed by atoms with E-state index in [-0.39, 0.29) is 11.9 Å². The van der Waals surface area contributed by atoms with Crippen molar-refractivity contribution in [2.24, 2.45) is 0 Å². The fourth-order valence-corrected chi connectivity index (χ4v) is 2.95. The standard InChI is InChI=1S/C22H20N4O4/c1-29-17-9-4-14-11-20(26-19(14)12-17)21(27)24-15-5-7-16(8-6-15)25-22(28)23-13-18-3-2-10-30-18/h2-12,26H,13H2,1H3,(H,24,27)(H2,23,25,28). The second kappa shape index (κ2) is 8.44. The van der Waals surface area contributed by atoms with Gasteiger partial charge in [0.25, 0.3) is 5.91 Å². The molecule has 0 unspecified atom stereocenters. The van der Waals surface area contributed by atoms with Crippen molar-refractivity contribution < 1.29 is 18.7 Å². The molecule has 0 saturated carbocycles. The molecule has 3 amide bonds. The number of aromatic amines is 1. The SMILES string of the molecule is COc1ccc2cc(C(=O)Nc3ccc(NC(=O)NCc4ccco4)cc3)[nH]c2c1. The number of nitrogens with one attached hydrogen (secondary N) is 4. The molecule has 4 N–H and O–H groups in total. The van der Waals surface area contributed by atoms with E-state index in [2.05, 4.69) is 20.9 Å². The number of hydrogen-bond donors (Lipinski definition) is 4. The average molecular weight is 404 g/mol. The van der Waals surface area contributed by atoms with Crippen LogP contribution >= 0.6 is 0 Å². The Morgan fingerprint density at radius 1 is 1.00 bits per heavy atom. The Bertz CT molecular complexity index is 1160. The van der Waals surface area contributed by atoms with Crippen LogP contribution in [0.5, 0.6) is 5.75 Å². The van der Waals surface area contributed by atoms with Gasteiger partial charge in [-0.2, -0.15) is 0 Å². The van der Waals surface area contributed by atoms with Gasteiger partial charge in [-0.1, -0.05) is 0 Å². The molecule has 8 heteroatoms. The van der Waals surface area contributed by atoms with Crippen molar-refractivity contribution in [1.82, 2.24) is 10.3 Å². The van der Waals surface area contributed by atoms with Gasteiger partial charge in [-0.25, -0.2) is 4.79 Å². The summed E-state index contributed by atoms with van der Waals surface area (Å²) in [4.78, 5) is 27.6. The van der Waals surface area contributed by atoms with Crippen molar-refractivity contribution >= 4 is 34.2 Å². The molecule has 30 heavy (non-hydrogen) atoms. The predicted molar refractivity (Wildman–Crippen MR) is 114 cm³/mol. The van der Waals surface area contributed by atoms with Crippen molar-refractivity contribution in [3.63, 3.8) is 0 Å². The number of carbonyl (C=O) groups excluding carboxylic acids is 2. The number of fused-ring (bicyclic) bond motifs is 1. The molecular formula is C22H20N4O4. The fraction of sp³-hybridized carbons (Fsp3) is 0.0909. The number of urea groups is 1. The average Bonchev–Trinajstić information content (AvgIpc) is 3.42. The molecule has 8 nitrogen and oxygen atoms in total. The van der Waals surface area contributed by atoms with Gasteiger partial charge in [-0.3, -0.25) is 4.79 Å². The van der Waals surface area contributed by atoms with Crippen LogP contribution in [0.1, 0.15) is 16.2 Å². The number of rotatable bonds is 6. The molecule has 0 aliphatic rings. The third kappa shape index (κ3) is 4.44. The smallest absolute Gasteiger partial charge is 0.319 e. The molecule has 2 aromatic carbocycles. The van der Waals surface area contributed by atoms with E-state index in [0.717, 1.165) is 10.9 Å². The van der Waals surface area contributed by atoms with Crippen LogP contribution < -0.4 is 20.7 Å². The zero-order valence-corrected chi connectivity index (χ0v) is 16.2. The molecule has 0 fully saturated rings. The van der Waals surface area contributed by atoms with E-state index < -0.39 is 0 Å². The molecule has 4 rings (SSSR count). The summed E-state index contributed by atoms with van der Waals surface area (Å²) in [7, 11) is 1.60. The van der Waals surface area contributed by atoms with E-state index in [1.807, 2.05) is 18.2 Å². The number of ether oxygens (including phenoxy) is 1. The number of benzene rings is 2. The van der Waals surface area contributed by atoms with Gasteiger partial charge >= 0.3 is 6.03 Å². The van der Waals surface area contributed by atoms with Gasteiger partial charge in [0.15, 0.2) is 0 Å². The summed E-state index contributed by atoms with van der Waals surface area (Å²) in [6.07, 6.45) is 1.55. The van der Waals surface area contributed by atoms with Crippen LogP contribution in [0.2, 0.25) is 0 Å². The summed E-state index contributed by atoms with van der Waals surface area (Å²) < 4.78 is 10.4. The van der Waals surface area contributed by atoms with Crippen molar-refractivity contribution in [2.45, 2.75) is 6.54 Å². The number of hydrogen-bond acceptors (Lipinski definition) is 4. The van der Waals surface area contributed by atoms with Crippen LogP contribution in [0.15, 0.2) is 71.3 Å². The number of furan rings is 1. The summed E-state index contributed by atoms with van der Waals surface area (Å²) in [6.45, 7) is 0.295. The first-order valence-electron chi connectivity index (χ1n) is 9.26. The van der Waals surface area contributed by atoms with Crippen LogP contribution in [-0.2, 0) is 6.54 Å². The molecule has 0 saturated heterocycles. The first-order chi connectivity index (χ1) is 14.6. The number of H-pyrrole nitrogens is 1. The predicted octanol–water partition coefficient (Wildman–Crippen LogP) is 4.34. The topological polar surface area (TPSA) is 108 Å². The van der Waals surface area contributed by atoms with Crippen molar-refractivity contribution in [2.75, 3.05) is 17.7 Å². The van der Waals surface area contributed by atoms with E-state index in [0.29, 0.717) is 35.1 Å². The second-order valence-electron chi connectivity index (χ2n) is 6.55. The monoisotopic (exact) mass is 404 g/mol. The zero-order chi connectivity index (χ0) is 20.9. The third-order valence-corrected chi connectivity index (χ3v) is 4.48. The normalized spacial score (nSPS) is 10.6. The van der Waals surface area contributed by atoms with Gasteiger partial charge < -0.3 is 30.1 Å². The molecule has 152 valence electrons. The Labute approximate surface area is 172 Å². The lowest BCUT2D eigenvalue weighted by Gasteiger charge is -2.08. The van der Waals surface area contributed by atoms with E-state index in [1.165, 1.54) is 0 Å². The van der Waals surface area contributed by atoms with Crippen LogP contribution in [0.3, 0.4) is 0 Å². The molecular weight excluding hydrogens is 384 g/mol. The Morgan fingerprint density at radius 2 is 1.77 bits per heavy atom. The van der Waals surface area contributed by atoms with Gasteiger partial charge in [-0.15, -0.1) is 0 Å². The molecule has 0 atom stereocenters. The van der Waals surface area contributed by atoms with Crippen LogP contribution in [0, 0.1) is 0 Å². The van der Waals surface area contributed by atoms with E-state index >= 15 is 0 Å². The lowest BCUT2D eigenvalue weighted by Crippen LogP contribution is -2.27. The largest absolute Gasteiger partial charge is 0.497 e. The van der Waals surface area contributed by atoms with Gasteiger partial charge in [0.1, 0.15) is 17.2 Å². The van der Waals surface area contributed by atoms with Crippen LogP contribution in [0.25, 0.3) is 10.9 Å². The van der Waals surface area contributed by atoms with Gasteiger partial charge in [0, 0.05) is 28.3 Å². The molecule has 0 bridgehead atoms. The van der Waals surface area contributed by atoms with Gasteiger partial charge in [0.05, 0.1) is 19.9 Å². The number of carbonyl (C=O) groups is 2. The highest BCUT2D eigenvalue weighted by molar-refractivity contribution is 6.06. The van der Waals surface area contributed by atoms with Crippen molar-refractivity contribution in [3.05, 3.63) is 78.4 Å². The van der Waals surface area contributed by atoms with E-state index in [1.54, 1.807) is 55.8 Å². The number of anilines is 2. The molecule has 2 aromatic heterocycles. The molecule has 2 heterocycles. The van der Waals surface area contributed by atoms with Gasteiger partial charge in [0.2, 0.25) is 0 Å². The second-order valence-corrected chi connectivity index (χ2v) is 6.55. The lowest BCUT2D eigenvalue weighted by molar-refractivity contribution is 0.102.